The third-order valence-corrected chi connectivity index (χ3v) is 3.41. The van der Waals surface area contributed by atoms with E-state index in [-0.39, 0.29) is 12.8 Å². The highest BCUT2D eigenvalue weighted by Gasteiger charge is 2.37. The molecule has 0 bridgehead atoms. The van der Waals surface area contributed by atoms with Crippen molar-refractivity contribution in [2.24, 2.45) is 7.05 Å². The van der Waals surface area contributed by atoms with Gasteiger partial charge in [-0.3, -0.25) is 0 Å². The predicted molar refractivity (Wildman–Crippen MR) is 64.7 cm³/mol. The number of fused-ring (bicyclic) bond motifs is 1. The lowest BCUT2D eigenvalue weighted by atomic mass is 10.2. The Balaban J connectivity index is 2.05. The fraction of sp³-hybridized carbons (Fsp3) is 0.545. The molecule has 3 atom stereocenters. The van der Waals surface area contributed by atoms with Gasteiger partial charge in [-0.05, 0) is 0 Å². The van der Waals surface area contributed by atoms with Crippen molar-refractivity contribution in [3.05, 3.63) is 12.7 Å². The van der Waals surface area contributed by atoms with Crippen molar-refractivity contribution < 1.29 is 19.5 Å². The molecule has 8 heteroatoms. The first-order valence-electron chi connectivity index (χ1n) is 6.03. The first kappa shape index (κ1) is 12.3. The molecule has 1 fully saturated rings. The van der Waals surface area contributed by atoms with Gasteiger partial charge in [0.1, 0.15) is 6.10 Å². The molecular formula is C11H16N5O3+. The molecule has 0 aromatic carbocycles. The van der Waals surface area contributed by atoms with Crippen molar-refractivity contribution in [1.29, 1.82) is 0 Å². The van der Waals surface area contributed by atoms with Gasteiger partial charge < -0.3 is 20.7 Å². The number of aromatic nitrogens is 4. The second kappa shape index (κ2) is 4.41. The maximum absolute atomic E-state index is 9.79. The van der Waals surface area contributed by atoms with Crippen LogP contribution >= 0.6 is 0 Å². The normalized spacial score (nSPS) is 27.2. The quantitative estimate of drug-likeness (QED) is 0.569. The molecule has 102 valence electrons. The number of aliphatic hydroxyl groups is 2. The van der Waals surface area contributed by atoms with Crippen LogP contribution < -0.4 is 10.3 Å². The summed E-state index contributed by atoms with van der Waals surface area (Å²) < 4.78 is 9.21. The van der Waals surface area contributed by atoms with Gasteiger partial charge in [-0.25, -0.2) is 14.1 Å². The Morgan fingerprint density at radius 2 is 2.37 bits per heavy atom. The molecule has 1 aliphatic rings. The zero-order chi connectivity index (χ0) is 13.6. The number of aliphatic hydroxyl groups excluding tert-OH is 2. The third-order valence-electron chi connectivity index (χ3n) is 3.41. The van der Waals surface area contributed by atoms with Gasteiger partial charge in [-0.2, -0.15) is 0 Å². The van der Waals surface area contributed by atoms with Crippen LogP contribution in [0.4, 0.5) is 5.82 Å². The van der Waals surface area contributed by atoms with E-state index in [0.29, 0.717) is 17.8 Å². The van der Waals surface area contributed by atoms with Crippen LogP contribution in [-0.2, 0) is 11.8 Å². The van der Waals surface area contributed by atoms with Crippen LogP contribution in [0.2, 0.25) is 0 Å². The van der Waals surface area contributed by atoms with Gasteiger partial charge in [0.15, 0.2) is 18.1 Å². The van der Waals surface area contributed by atoms with Crippen LogP contribution in [-0.4, -0.2) is 43.6 Å². The molecule has 0 aliphatic carbocycles. The molecule has 0 amide bonds. The topological polar surface area (TPSA) is 110 Å². The summed E-state index contributed by atoms with van der Waals surface area (Å²) in [7, 11) is 1.84. The molecule has 0 radical (unpaired) electrons. The van der Waals surface area contributed by atoms with E-state index in [0.717, 1.165) is 5.65 Å². The van der Waals surface area contributed by atoms with Crippen molar-refractivity contribution in [2.75, 3.05) is 12.3 Å². The Morgan fingerprint density at radius 3 is 3.05 bits per heavy atom. The van der Waals surface area contributed by atoms with Crippen LogP contribution in [0.1, 0.15) is 12.6 Å². The highest BCUT2D eigenvalue weighted by atomic mass is 16.5. The molecular weight excluding hydrogens is 250 g/mol. The zero-order valence-corrected chi connectivity index (χ0v) is 10.5. The van der Waals surface area contributed by atoms with E-state index in [1.165, 1.54) is 0 Å². The van der Waals surface area contributed by atoms with Gasteiger partial charge in [-0.1, -0.05) is 4.98 Å². The van der Waals surface area contributed by atoms with E-state index in [4.69, 9.17) is 15.6 Å². The first-order valence-corrected chi connectivity index (χ1v) is 6.03. The zero-order valence-electron chi connectivity index (χ0n) is 10.5. The number of nitrogens with two attached hydrogens (primary N) is 1. The number of anilines is 1. The number of aryl methyl sites for hydroxylation is 1. The Kier molecular flexibility index (Phi) is 2.85. The van der Waals surface area contributed by atoms with Gasteiger partial charge in [0, 0.05) is 6.42 Å². The number of hydrogen-bond acceptors (Lipinski definition) is 6. The van der Waals surface area contributed by atoms with E-state index in [1.807, 2.05) is 7.05 Å². The fourth-order valence-corrected chi connectivity index (χ4v) is 2.41. The Morgan fingerprint density at radius 1 is 1.58 bits per heavy atom. The summed E-state index contributed by atoms with van der Waals surface area (Å²) in [5.41, 5.74) is 7.15. The summed E-state index contributed by atoms with van der Waals surface area (Å²) in [4.78, 5) is 8.26. The minimum Gasteiger partial charge on any atom is -0.394 e. The number of rotatable bonds is 2. The van der Waals surface area contributed by atoms with Crippen LogP contribution in [0.25, 0.3) is 11.2 Å². The van der Waals surface area contributed by atoms with Crippen molar-refractivity contribution in [1.82, 2.24) is 14.5 Å². The summed E-state index contributed by atoms with van der Waals surface area (Å²) in [6.45, 7) is -0.208. The summed E-state index contributed by atoms with van der Waals surface area (Å²) in [6, 6.07) is 0. The maximum Gasteiger partial charge on any atom is 0.263 e. The summed E-state index contributed by atoms with van der Waals surface area (Å²) in [5, 5.41) is 18.9. The number of hydrogen-bond donors (Lipinski definition) is 3. The smallest absolute Gasteiger partial charge is 0.263 e. The fourth-order valence-electron chi connectivity index (χ4n) is 2.41. The SMILES string of the molecule is C[n+]1cnc(N)c2ncn([C@H]3C[C@H](O)[C@@H](CO)O3)c21. The molecule has 4 N–H and O–H groups in total. The third kappa shape index (κ3) is 1.84. The molecule has 19 heavy (non-hydrogen) atoms. The van der Waals surface area contributed by atoms with Crippen molar-refractivity contribution >= 4 is 17.0 Å². The molecule has 8 nitrogen and oxygen atoms in total. The second-order valence-corrected chi connectivity index (χ2v) is 4.68. The molecule has 0 spiro atoms. The Labute approximate surface area is 109 Å². The largest absolute Gasteiger partial charge is 0.394 e. The van der Waals surface area contributed by atoms with E-state index < -0.39 is 12.2 Å². The van der Waals surface area contributed by atoms with Crippen molar-refractivity contribution in [2.45, 2.75) is 24.9 Å². The highest BCUT2D eigenvalue weighted by Crippen LogP contribution is 2.30. The summed E-state index contributed by atoms with van der Waals surface area (Å²) in [6.07, 6.45) is 2.00. The molecule has 2 aromatic heterocycles. The average Bonchev–Trinajstić information content (AvgIpc) is 2.97. The summed E-state index contributed by atoms with van der Waals surface area (Å²) >= 11 is 0. The molecule has 0 saturated carbocycles. The lowest BCUT2D eigenvalue weighted by Crippen LogP contribution is -2.32. The maximum atomic E-state index is 9.79. The van der Waals surface area contributed by atoms with Crippen LogP contribution in [0.5, 0.6) is 0 Å². The van der Waals surface area contributed by atoms with Crippen LogP contribution in [0.15, 0.2) is 12.7 Å². The number of imidazole rings is 1. The van der Waals surface area contributed by atoms with Crippen LogP contribution in [0, 0.1) is 0 Å². The standard InChI is InChI=1S/C11H15N5O3/c1-15-4-14-10(12)9-11(15)16(5-13-9)8-2-6(18)7(3-17)19-8/h4-8,12,17-18H,2-3H2,1H3/p+1/t6-,7+,8+/m0/s1. The Bertz CT molecular complexity index is 614. The lowest BCUT2D eigenvalue weighted by molar-refractivity contribution is -0.651. The minimum atomic E-state index is -0.683. The monoisotopic (exact) mass is 266 g/mol. The minimum absolute atomic E-state index is 0.208. The van der Waals surface area contributed by atoms with Gasteiger partial charge >= 0.3 is 0 Å². The van der Waals surface area contributed by atoms with E-state index in [1.54, 1.807) is 21.8 Å². The second-order valence-electron chi connectivity index (χ2n) is 4.68. The molecule has 1 saturated heterocycles. The van der Waals surface area contributed by atoms with E-state index in [9.17, 15) is 5.11 Å². The van der Waals surface area contributed by atoms with Gasteiger partial charge in [-0.15, -0.1) is 0 Å². The van der Waals surface area contributed by atoms with Crippen molar-refractivity contribution in [3.8, 4) is 0 Å². The van der Waals surface area contributed by atoms with Crippen LogP contribution in [0.3, 0.4) is 0 Å². The molecule has 3 heterocycles. The van der Waals surface area contributed by atoms with Gasteiger partial charge in [0.25, 0.3) is 5.65 Å². The van der Waals surface area contributed by atoms with E-state index in [2.05, 4.69) is 9.97 Å². The Hall–Kier alpha value is -1.77. The molecule has 3 rings (SSSR count). The molecule has 2 aromatic rings. The number of nitrogen functional groups attached to an aromatic ring is 1. The predicted octanol–water partition coefficient (Wildman–Crippen LogP) is -1.52. The lowest BCUT2D eigenvalue weighted by Gasteiger charge is -2.11. The average molecular weight is 266 g/mol. The molecule has 0 unspecified atom stereocenters. The van der Waals surface area contributed by atoms with Crippen molar-refractivity contribution in [3.63, 3.8) is 0 Å². The first-order chi connectivity index (χ1) is 9.11. The van der Waals surface area contributed by atoms with Gasteiger partial charge in [0.2, 0.25) is 12.1 Å². The van der Waals surface area contributed by atoms with E-state index >= 15 is 0 Å². The summed E-state index contributed by atoms with van der Waals surface area (Å²) in [5.74, 6) is 0.351. The van der Waals surface area contributed by atoms with Gasteiger partial charge in [0.05, 0.1) is 19.8 Å². The molecule has 1 aliphatic heterocycles. The number of ether oxygens (including phenoxy) is 1. The highest BCUT2D eigenvalue weighted by molar-refractivity contribution is 5.78. The number of nitrogens with zero attached hydrogens (tertiary/aromatic N) is 4.